The van der Waals surface area contributed by atoms with Gasteiger partial charge in [-0.2, -0.15) is 0 Å². The number of nitrogens with zero attached hydrogens (tertiary/aromatic N) is 4. The van der Waals surface area contributed by atoms with Crippen LogP contribution in [0.3, 0.4) is 0 Å². The van der Waals surface area contributed by atoms with Gasteiger partial charge in [0, 0.05) is 44.3 Å². The molecule has 3 rings (SSSR count). The molecule has 0 saturated carbocycles. The summed E-state index contributed by atoms with van der Waals surface area (Å²) in [5.41, 5.74) is 0.740. The number of anilines is 2. The fourth-order valence-corrected chi connectivity index (χ4v) is 3.72. The molecule has 0 amide bonds. The van der Waals surface area contributed by atoms with Gasteiger partial charge in [-0.05, 0) is 49.6 Å². The first-order valence-corrected chi connectivity index (χ1v) is 9.97. The number of benzene rings is 1. The van der Waals surface area contributed by atoms with Crippen LogP contribution in [0.15, 0.2) is 47.6 Å². The van der Waals surface area contributed by atoms with Crippen LogP contribution in [0.5, 0.6) is 0 Å². The first-order chi connectivity index (χ1) is 12.4. The normalized spacial score (nSPS) is 15.5. The summed E-state index contributed by atoms with van der Waals surface area (Å²) in [6, 6.07) is 8.01. The van der Waals surface area contributed by atoms with Crippen LogP contribution in [0.4, 0.5) is 11.6 Å². The maximum Gasteiger partial charge on any atom is 0.264 e. The van der Waals surface area contributed by atoms with Crippen LogP contribution < -0.4 is 10.0 Å². The monoisotopic (exact) mass is 392 g/mol. The second-order valence-corrected chi connectivity index (χ2v) is 7.99. The summed E-state index contributed by atoms with van der Waals surface area (Å²) < 4.78 is 27.1. The summed E-state index contributed by atoms with van der Waals surface area (Å²) in [4.78, 5) is 12.2. The zero-order chi connectivity index (χ0) is 18.6. The molecule has 0 radical (unpaired) electrons. The maximum absolute atomic E-state index is 12.4. The Morgan fingerprint density at radius 3 is 2.31 bits per heavy atom. The summed E-state index contributed by atoms with van der Waals surface area (Å²) in [5, 5.41) is 3.80. The van der Waals surface area contributed by atoms with Crippen molar-refractivity contribution in [2.45, 2.75) is 4.90 Å². The number of aromatic nitrogens is 2. The third kappa shape index (κ3) is 4.65. The van der Waals surface area contributed by atoms with E-state index in [2.05, 4.69) is 36.9 Å². The maximum atomic E-state index is 12.4. The van der Waals surface area contributed by atoms with Gasteiger partial charge >= 0.3 is 0 Å². The molecule has 1 aliphatic rings. The van der Waals surface area contributed by atoms with Gasteiger partial charge in [-0.15, -0.1) is 0 Å². The van der Waals surface area contributed by atoms with Crippen LogP contribution in [0.2, 0.25) is 0 Å². The number of nitrogens with one attached hydrogen (secondary N) is 2. The Bertz CT molecular complexity index is 850. The zero-order valence-corrected chi connectivity index (χ0v) is 15.9. The Kier molecular flexibility index (Phi) is 5.64. The smallest absolute Gasteiger partial charge is 0.264 e. The topological polar surface area (TPSA) is 90.5 Å². The fraction of sp³-hybridized carbons (Fsp3) is 0.312. The van der Waals surface area contributed by atoms with Crippen molar-refractivity contribution in [1.82, 2.24) is 19.8 Å². The molecule has 1 saturated heterocycles. The molecule has 26 heavy (non-hydrogen) atoms. The van der Waals surface area contributed by atoms with Gasteiger partial charge in [0.25, 0.3) is 10.0 Å². The minimum absolute atomic E-state index is 0.0333. The van der Waals surface area contributed by atoms with Crippen LogP contribution in [-0.2, 0) is 10.0 Å². The predicted molar refractivity (Wildman–Crippen MR) is 105 cm³/mol. The lowest BCUT2D eigenvalue weighted by atomic mass is 10.3. The quantitative estimate of drug-likeness (QED) is 0.751. The molecular weight excluding hydrogens is 372 g/mol. The van der Waals surface area contributed by atoms with Crippen molar-refractivity contribution < 1.29 is 8.42 Å². The molecule has 1 aliphatic heterocycles. The lowest BCUT2D eigenvalue weighted by Crippen LogP contribution is -2.48. The lowest BCUT2D eigenvalue weighted by Gasteiger charge is -2.34. The number of piperazine rings is 1. The van der Waals surface area contributed by atoms with Crippen molar-refractivity contribution in [3.05, 3.63) is 42.7 Å². The van der Waals surface area contributed by atoms with Gasteiger partial charge in [-0.3, -0.25) is 0 Å². The number of hydrogen-bond acceptors (Lipinski definition) is 6. The molecule has 138 valence electrons. The molecule has 1 aromatic carbocycles. The summed E-state index contributed by atoms with van der Waals surface area (Å²) in [7, 11) is -1.65. The van der Waals surface area contributed by atoms with Crippen molar-refractivity contribution in [3.8, 4) is 0 Å². The van der Waals surface area contributed by atoms with Gasteiger partial charge in [0.15, 0.2) is 5.11 Å². The van der Waals surface area contributed by atoms with Gasteiger partial charge in [0.05, 0.1) is 4.90 Å². The molecule has 2 heterocycles. The largest absolute Gasteiger partial charge is 0.346 e. The van der Waals surface area contributed by atoms with E-state index in [0.29, 0.717) is 5.11 Å². The highest BCUT2D eigenvalue weighted by Crippen LogP contribution is 2.17. The third-order valence-electron chi connectivity index (χ3n) is 4.00. The number of hydrogen-bond donors (Lipinski definition) is 2. The van der Waals surface area contributed by atoms with Crippen molar-refractivity contribution >= 4 is 39.0 Å². The molecule has 0 unspecified atom stereocenters. The molecule has 0 spiro atoms. The molecule has 2 aromatic rings. The first-order valence-electron chi connectivity index (χ1n) is 8.08. The summed E-state index contributed by atoms with van der Waals surface area (Å²) in [6.07, 6.45) is 2.94. The van der Waals surface area contributed by atoms with Crippen molar-refractivity contribution in [1.29, 1.82) is 0 Å². The molecule has 1 aromatic heterocycles. The number of sulfonamides is 1. The van der Waals surface area contributed by atoms with Crippen molar-refractivity contribution in [2.24, 2.45) is 0 Å². The first kappa shape index (κ1) is 18.5. The minimum atomic E-state index is -3.74. The highest BCUT2D eigenvalue weighted by atomic mass is 32.2. The van der Waals surface area contributed by atoms with Crippen LogP contribution in [-0.4, -0.2) is 66.5 Å². The molecule has 10 heteroatoms. The number of likely N-dealkylation sites (N-methyl/N-ethyl adjacent to an activating group) is 1. The molecule has 0 aliphatic carbocycles. The molecule has 1 fully saturated rings. The SMILES string of the molecule is CN1CCN(C(=S)Nc2ccc(S(=O)(=O)Nc3ncccn3)cc2)CC1. The van der Waals surface area contributed by atoms with Gasteiger partial charge in [0.1, 0.15) is 0 Å². The van der Waals surface area contributed by atoms with E-state index < -0.39 is 10.0 Å². The number of rotatable bonds is 4. The van der Waals surface area contributed by atoms with E-state index in [4.69, 9.17) is 12.2 Å². The Morgan fingerprint density at radius 1 is 1.08 bits per heavy atom. The van der Waals surface area contributed by atoms with Crippen LogP contribution in [0.1, 0.15) is 0 Å². The molecule has 0 atom stereocenters. The molecule has 2 N–H and O–H groups in total. The zero-order valence-electron chi connectivity index (χ0n) is 14.3. The Morgan fingerprint density at radius 2 is 1.69 bits per heavy atom. The molecular formula is C16H20N6O2S2. The van der Waals surface area contributed by atoms with E-state index in [1.165, 1.54) is 24.5 Å². The van der Waals surface area contributed by atoms with Gasteiger partial charge in [-0.1, -0.05) is 0 Å². The van der Waals surface area contributed by atoms with E-state index in [1.807, 2.05) is 0 Å². The third-order valence-corrected chi connectivity index (χ3v) is 5.70. The van der Waals surface area contributed by atoms with Gasteiger partial charge in [-0.25, -0.2) is 23.1 Å². The Labute approximate surface area is 158 Å². The average Bonchev–Trinajstić information content (AvgIpc) is 2.63. The Balaban J connectivity index is 1.63. The van der Waals surface area contributed by atoms with Gasteiger partial charge < -0.3 is 15.1 Å². The predicted octanol–water partition coefficient (Wildman–Crippen LogP) is 1.22. The van der Waals surface area contributed by atoms with E-state index in [0.717, 1.165) is 31.9 Å². The Hall–Kier alpha value is -2.30. The average molecular weight is 393 g/mol. The molecule has 8 nitrogen and oxygen atoms in total. The van der Waals surface area contributed by atoms with E-state index >= 15 is 0 Å². The minimum Gasteiger partial charge on any atom is -0.346 e. The fourth-order valence-electron chi connectivity index (χ4n) is 2.46. The van der Waals surface area contributed by atoms with Crippen molar-refractivity contribution in [3.63, 3.8) is 0 Å². The molecule has 0 bridgehead atoms. The summed E-state index contributed by atoms with van der Waals surface area (Å²) in [6.45, 7) is 3.67. The second kappa shape index (κ2) is 7.94. The van der Waals surface area contributed by atoms with Gasteiger partial charge in [0.2, 0.25) is 5.95 Å². The van der Waals surface area contributed by atoms with E-state index in [-0.39, 0.29) is 10.8 Å². The highest BCUT2D eigenvalue weighted by molar-refractivity contribution is 7.92. The lowest BCUT2D eigenvalue weighted by molar-refractivity contribution is 0.217. The standard InChI is InChI=1S/C16H20N6O2S2/c1-21-9-11-22(12-10-21)16(25)19-13-3-5-14(6-4-13)26(23,24)20-15-17-7-2-8-18-15/h2-8H,9-12H2,1H3,(H,19,25)(H,17,18,20). The summed E-state index contributed by atoms with van der Waals surface area (Å²) >= 11 is 5.44. The number of thiocarbonyl (C=S) groups is 1. The second-order valence-electron chi connectivity index (χ2n) is 5.92. The van der Waals surface area contributed by atoms with Crippen molar-refractivity contribution in [2.75, 3.05) is 43.3 Å². The van der Waals surface area contributed by atoms with Crippen LogP contribution >= 0.6 is 12.2 Å². The van der Waals surface area contributed by atoms with E-state index in [1.54, 1.807) is 18.2 Å². The summed E-state index contributed by atoms with van der Waals surface area (Å²) in [5.74, 6) is 0.0333. The van der Waals surface area contributed by atoms with E-state index in [9.17, 15) is 8.42 Å². The van der Waals surface area contributed by atoms with Crippen LogP contribution in [0, 0.1) is 0 Å². The van der Waals surface area contributed by atoms with Crippen LogP contribution in [0.25, 0.3) is 0 Å². The highest BCUT2D eigenvalue weighted by Gasteiger charge is 2.18.